The normalized spacial score (nSPS) is 10.6. The molecule has 7 nitrogen and oxygen atoms in total. The van der Waals surface area contributed by atoms with Gasteiger partial charge in [0, 0.05) is 5.02 Å². The van der Waals surface area contributed by atoms with Crippen molar-refractivity contribution in [2.75, 3.05) is 13.7 Å². The molecule has 0 aliphatic carbocycles. The van der Waals surface area contributed by atoms with Gasteiger partial charge in [-0.25, -0.2) is 10.2 Å². The van der Waals surface area contributed by atoms with Crippen LogP contribution < -0.4 is 19.6 Å². The number of esters is 1. The first-order chi connectivity index (χ1) is 15.5. The van der Waals surface area contributed by atoms with Gasteiger partial charge in [-0.05, 0) is 54.1 Å². The van der Waals surface area contributed by atoms with Crippen molar-refractivity contribution < 1.29 is 23.8 Å². The predicted octanol–water partition coefficient (Wildman–Crippen LogP) is 4.75. The van der Waals surface area contributed by atoms with E-state index in [2.05, 4.69) is 10.5 Å². The molecular weight excluding hydrogens is 455 g/mol. The Kier molecular flexibility index (Phi) is 8.08. The molecular formula is C23H18Cl2N2O5. The van der Waals surface area contributed by atoms with E-state index in [4.69, 9.17) is 37.4 Å². The molecule has 0 fully saturated rings. The van der Waals surface area contributed by atoms with E-state index in [0.29, 0.717) is 32.7 Å². The van der Waals surface area contributed by atoms with Gasteiger partial charge < -0.3 is 14.2 Å². The number of amides is 1. The molecule has 0 radical (unpaired) electrons. The summed E-state index contributed by atoms with van der Waals surface area (Å²) in [5, 5.41) is 4.65. The summed E-state index contributed by atoms with van der Waals surface area (Å²) < 4.78 is 16.0. The number of rotatable bonds is 8. The standard InChI is InChI=1S/C23H18Cl2N2O5/c1-30-21-11-15(7-9-20(21)32-23(29)16-5-3-2-4-6-16)13-26-27-22(28)14-31-19-10-8-17(24)12-18(19)25/h2-13H,14H2,1H3,(H,27,28)/b26-13-. The average Bonchev–Trinajstić information content (AvgIpc) is 2.80. The molecule has 3 aromatic rings. The first-order valence-electron chi connectivity index (χ1n) is 9.31. The van der Waals surface area contributed by atoms with E-state index in [1.807, 2.05) is 6.07 Å². The Bertz CT molecular complexity index is 1140. The zero-order chi connectivity index (χ0) is 22.9. The van der Waals surface area contributed by atoms with Crippen molar-refractivity contribution in [3.05, 3.63) is 87.9 Å². The molecule has 3 rings (SSSR count). The summed E-state index contributed by atoms with van der Waals surface area (Å²) in [7, 11) is 1.46. The van der Waals surface area contributed by atoms with Crippen LogP contribution in [0, 0.1) is 0 Å². The molecule has 0 aliphatic rings. The van der Waals surface area contributed by atoms with Gasteiger partial charge >= 0.3 is 5.97 Å². The fraction of sp³-hybridized carbons (Fsp3) is 0.0870. The minimum atomic E-state index is -0.502. The van der Waals surface area contributed by atoms with E-state index in [1.165, 1.54) is 19.4 Å². The van der Waals surface area contributed by atoms with E-state index in [1.54, 1.807) is 54.6 Å². The molecule has 0 aromatic heterocycles. The SMILES string of the molecule is COc1cc(/C=N\NC(=O)COc2ccc(Cl)cc2Cl)ccc1OC(=O)c1ccccc1. The third-order valence-electron chi connectivity index (χ3n) is 4.06. The number of ether oxygens (including phenoxy) is 3. The Morgan fingerprint density at radius 1 is 0.969 bits per heavy atom. The Morgan fingerprint density at radius 2 is 1.72 bits per heavy atom. The Balaban J connectivity index is 1.56. The number of benzene rings is 3. The molecule has 3 aromatic carbocycles. The molecule has 0 saturated carbocycles. The molecule has 0 unspecified atom stereocenters. The third-order valence-corrected chi connectivity index (χ3v) is 4.59. The number of methoxy groups -OCH3 is 1. The van der Waals surface area contributed by atoms with Gasteiger partial charge in [0.05, 0.1) is 23.9 Å². The minimum Gasteiger partial charge on any atom is -0.493 e. The number of carbonyl (C=O) groups excluding carboxylic acids is 2. The maximum atomic E-state index is 12.2. The van der Waals surface area contributed by atoms with Gasteiger partial charge in [-0.15, -0.1) is 0 Å². The highest BCUT2D eigenvalue weighted by Crippen LogP contribution is 2.29. The van der Waals surface area contributed by atoms with Crippen LogP contribution in [0.4, 0.5) is 0 Å². The minimum absolute atomic E-state index is 0.260. The van der Waals surface area contributed by atoms with Crippen molar-refractivity contribution in [3.63, 3.8) is 0 Å². The average molecular weight is 473 g/mol. The summed E-state index contributed by atoms with van der Waals surface area (Å²) in [5.41, 5.74) is 3.38. The zero-order valence-electron chi connectivity index (χ0n) is 16.9. The number of carbonyl (C=O) groups is 2. The summed E-state index contributed by atoms with van der Waals surface area (Å²) in [6.07, 6.45) is 1.42. The molecule has 0 atom stereocenters. The summed E-state index contributed by atoms with van der Waals surface area (Å²) in [6.45, 7) is -0.281. The van der Waals surface area contributed by atoms with E-state index >= 15 is 0 Å². The predicted molar refractivity (Wildman–Crippen MR) is 122 cm³/mol. The Morgan fingerprint density at radius 3 is 2.44 bits per heavy atom. The molecule has 0 aliphatic heterocycles. The zero-order valence-corrected chi connectivity index (χ0v) is 18.4. The highest BCUT2D eigenvalue weighted by atomic mass is 35.5. The van der Waals surface area contributed by atoms with E-state index in [-0.39, 0.29) is 12.4 Å². The van der Waals surface area contributed by atoms with Crippen molar-refractivity contribution in [2.45, 2.75) is 0 Å². The molecule has 9 heteroatoms. The quantitative estimate of drug-likeness (QED) is 0.221. The molecule has 32 heavy (non-hydrogen) atoms. The lowest BCUT2D eigenvalue weighted by Gasteiger charge is -2.10. The molecule has 1 amide bonds. The van der Waals surface area contributed by atoms with E-state index in [0.717, 1.165) is 0 Å². The summed E-state index contributed by atoms with van der Waals surface area (Å²) in [4.78, 5) is 24.2. The fourth-order valence-electron chi connectivity index (χ4n) is 2.53. The summed E-state index contributed by atoms with van der Waals surface area (Å²) >= 11 is 11.8. The fourth-order valence-corrected chi connectivity index (χ4v) is 2.99. The lowest BCUT2D eigenvalue weighted by Crippen LogP contribution is -2.24. The number of nitrogens with one attached hydrogen (secondary N) is 1. The van der Waals surface area contributed by atoms with E-state index < -0.39 is 11.9 Å². The largest absolute Gasteiger partial charge is 0.493 e. The van der Waals surface area contributed by atoms with Crippen molar-refractivity contribution in [1.82, 2.24) is 5.43 Å². The molecule has 0 spiro atoms. The summed E-state index contributed by atoms with van der Waals surface area (Å²) in [5.74, 6) is -0.0485. The number of hydrazone groups is 1. The van der Waals surface area contributed by atoms with Crippen molar-refractivity contribution in [2.24, 2.45) is 5.10 Å². The monoisotopic (exact) mass is 472 g/mol. The number of hydrogen-bond donors (Lipinski definition) is 1. The Hall–Kier alpha value is -3.55. The van der Waals surface area contributed by atoms with Gasteiger partial charge in [-0.1, -0.05) is 41.4 Å². The van der Waals surface area contributed by atoms with E-state index in [9.17, 15) is 9.59 Å². The van der Waals surface area contributed by atoms with Crippen LogP contribution in [-0.2, 0) is 4.79 Å². The second-order valence-corrected chi connectivity index (χ2v) is 7.17. The van der Waals surface area contributed by atoms with Crippen LogP contribution in [0.15, 0.2) is 71.8 Å². The first kappa shape index (κ1) is 23.1. The third kappa shape index (κ3) is 6.47. The number of nitrogens with zero attached hydrogens (tertiary/aromatic N) is 1. The van der Waals surface area contributed by atoms with Crippen LogP contribution in [0.5, 0.6) is 17.2 Å². The van der Waals surface area contributed by atoms with Gasteiger partial charge in [-0.2, -0.15) is 5.10 Å². The van der Waals surface area contributed by atoms with Crippen LogP contribution in [0.2, 0.25) is 10.0 Å². The van der Waals surface area contributed by atoms with Gasteiger partial charge in [0.25, 0.3) is 5.91 Å². The molecule has 164 valence electrons. The lowest BCUT2D eigenvalue weighted by atomic mass is 10.2. The van der Waals surface area contributed by atoms with Gasteiger partial charge in [0.1, 0.15) is 5.75 Å². The second-order valence-electron chi connectivity index (χ2n) is 6.32. The van der Waals surface area contributed by atoms with Crippen molar-refractivity contribution >= 4 is 41.3 Å². The van der Waals surface area contributed by atoms with Crippen molar-refractivity contribution in [1.29, 1.82) is 0 Å². The molecule has 0 saturated heterocycles. The maximum absolute atomic E-state index is 12.2. The number of hydrogen-bond acceptors (Lipinski definition) is 6. The van der Waals surface area contributed by atoms with Gasteiger partial charge in [-0.3, -0.25) is 4.79 Å². The van der Waals surface area contributed by atoms with Crippen LogP contribution in [-0.4, -0.2) is 31.8 Å². The first-order valence-corrected chi connectivity index (χ1v) is 10.1. The lowest BCUT2D eigenvalue weighted by molar-refractivity contribution is -0.123. The summed E-state index contributed by atoms with van der Waals surface area (Å²) in [6, 6.07) is 18.2. The highest BCUT2D eigenvalue weighted by Gasteiger charge is 2.12. The van der Waals surface area contributed by atoms with Crippen LogP contribution in [0.1, 0.15) is 15.9 Å². The van der Waals surface area contributed by atoms with Crippen LogP contribution >= 0.6 is 23.2 Å². The highest BCUT2D eigenvalue weighted by molar-refractivity contribution is 6.35. The second kappa shape index (κ2) is 11.2. The van der Waals surface area contributed by atoms with Gasteiger partial charge in [0.15, 0.2) is 18.1 Å². The molecule has 0 heterocycles. The van der Waals surface area contributed by atoms with Gasteiger partial charge in [0.2, 0.25) is 0 Å². The molecule has 0 bridgehead atoms. The topological polar surface area (TPSA) is 86.2 Å². The number of halogens is 2. The Labute approximate surface area is 194 Å². The van der Waals surface area contributed by atoms with Crippen LogP contribution in [0.25, 0.3) is 0 Å². The smallest absolute Gasteiger partial charge is 0.343 e. The van der Waals surface area contributed by atoms with Crippen LogP contribution in [0.3, 0.4) is 0 Å². The maximum Gasteiger partial charge on any atom is 0.343 e. The van der Waals surface area contributed by atoms with Crippen molar-refractivity contribution in [3.8, 4) is 17.2 Å². The molecule has 1 N–H and O–H groups in total.